The van der Waals surface area contributed by atoms with E-state index in [1.54, 1.807) is 18.2 Å². The summed E-state index contributed by atoms with van der Waals surface area (Å²) in [5, 5.41) is 14.0. The maximum Gasteiger partial charge on any atom is 0.319 e. The number of urea groups is 1. The number of rotatable bonds is 6. The lowest BCUT2D eigenvalue weighted by Crippen LogP contribution is -2.29. The standard InChI is InChI=1S/C13H18N2O3/c1-2-8-14-13(18)15-11-5-3-4-10(9-11)6-7-12(16)17/h3-5,9H,2,6-8H2,1H3,(H,16,17)(H2,14,15,18). The van der Waals surface area contributed by atoms with Gasteiger partial charge in [-0.25, -0.2) is 4.79 Å². The van der Waals surface area contributed by atoms with Gasteiger partial charge in [-0.2, -0.15) is 0 Å². The van der Waals surface area contributed by atoms with Crippen molar-refractivity contribution in [1.29, 1.82) is 0 Å². The van der Waals surface area contributed by atoms with Gasteiger partial charge >= 0.3 is 12.0 Å². The molecule has 0 atom stereocenters. The van der Waals surface area contributed by atoms with Gasteiger partial charge in [0.15, 0.2) is 0 Å². The lowest BCUT2D eigenvalue weighted by molar-refractivity contribution is -0.136. The van der Waals surface area contributed by atoms with Crippen LogP contribution in [0, 0.1) is 0 Å². The van der Waals surface area contributed by atoms with Gasteiger partial charge in [0.2, 0.25) is 0 Å². The molecule has 18 heavy (non-hydrogen) atoms. The van der Waals surface area contributed by atoms with Gasteiger partial charge in [-0.05, 0) is 30.5 Å². The second-order valence-electron chi connectivity index (χ2n) is 3.98. The molecule has 1 aromatic rings. The summed E-state index contributed by atoms with van der Waals surface area (Å²) >= 11 is 0. The predicted molar refractivity (Wildman–Crippen MR) is 69.7 cm³/mol. The van der Waals surface area contributed by atoms with E-state index >= 15 is 0 Å². The molecule has 98 valence electrons. The molecule has 0 aliphatic carbocycles. The SMILES string of the molecule is CCCNC(=O)Nc1cccc(CCC(=O)O)c1. The summed E-state index contributed by atoms with van der Waals surface area (Å²) in [6.07, 6.45) is 1.43. The maximum absolute atomic E-state index is 11.4. The lowest BCUT2D eigenvalue weighted by Gasteiger charge is -2.08. The van der Waals surface area contributed by atoms with Gasteiger partial charge in [-0.1, -0.05) is 19.1 Å². The summed E-state index contributed by atoms with van der Waals surface area (Å²) in [7, 11) is 0. The van der Waals surface area contributed by atoms with E-state index in [1.807, 2.05) is 13.0 Å². The van der Waals surface area contributed by atoms with Gasteiger partial charge in [0, 0.05) is 18.7 Å². The molecule has 0 radical (unpaired) electrons. The smallest absolute Gasteiger partial charge is 0.319 e. The van der Waals surface area contributed by atoms with Gasteiger partial charge in [-0.15, -0.1) is 0 Å². The number of amides is 2. The van der Waals surface area contributed by atoms with Crippen molar-refractivity contribution in [3.05, 3.63) is 29.8 Å². The summed E-state index contributed by atoms with van der Waals surface area (Å²) in [5.74, 6) is -0.825. The van der Waals surface area contributed by atoms with Crippen molar-refractivity contribution in [2.24, 2.45) is 0 Å². The largest absolute Gasteiger partial charge is 0.481 e. The molecule has 0 unspecified atom stereocenters. The summed E-state index contributed by atoms with van der Waals surface area (Å²) in [6, 6.07) is 6.96. The highest BCUT2D eigenvalue weighted by Gasteiger charge is 2.03. The number of carboxylic acid groups (broad SMARTS) is 1. The van der Waals surface area contributed by atoms with Crippen molar-refractivity contribution < 1.29 is 14.7 Å². The molecule has 2 amide bonds. The van der Waals surface area contributed by atoms with Crippen LogP contribution in [0.25, 0.3) is 0 Å². The molecule has 5 nitrogen and oxygen atoms in total. The summed E-state index contributed by atoms with van der Waals surface area (Å²) in [5.41, 5.74) is 1.57. The van der Waals surface area contributed by atoms with Crippen molar-refractivity contribution in [3.8, 4) is 0 Å². The molecule has 1 rings (SSSR count). The predicted octanol–water partition coefficient (Wildman–Crippen LogP) is 2.24. The van der Waals surface area contributed by atoms with Crippen LogP contribution >= 0.6 is 0 Å². The first-order valence-electron chi connectivity index (χ1n) is 5.97. The quantitative estimate of drug-likeness (QED) is 0.724. The molecule has 0 aliphatic rings. The number of anilines is 1. The van der Waals surface area contributed by atoms with E-state index in [9.17, 15) is 9.59 Å². The first-order valence-corrected chi connectivity index (χ1v) is 5.97. The Kier molecular flexibility index (Phi) is 5.70. The summed E-state index contributed by atoms with van der Waals surface area (Å²) in [4.78, 5) is 21.9. The van der Waals surface area contributed by atoms with Gasteiger partial charge in [-0.3, -0.25) is 4.79 Å². The highest BCUT2D eigenvalue weighted by Crippen LogP contribution is 2.12. The Hall–Kier alpha value is -2.04. The Labute approximate surface area is 106 Å². The van der Waals surface area contributed by atoms with Crippen LogP contribution in [-0.4, -0.2) is 23.7 Å². The monoisotopic (exact) mass is 250 g/mol. The number of benzene rings is 1. The molecule has 1 aromatic carbocycles. The van der Waals surface area contributed by atoms with Crippen LogP contribution in [0.15, 0.2) is 24.3 Å². The van der Waals surface area contributed by atoms with E-state index in [4.69, 9.17) is 5.11 Å². The number of carbonyl (C=O) groups is 2. The Morgan fingerprint density at radius 1 is 1.33 bits per heavy atom. The average molecular weight is 250 g/mol. The minimum absolute atomic E-state index is 0.0888. The first-order chi connectivity index (χ1) is 8.61. The first kappa shape index (κ1) is 14.0. The molecule has 0 aliphatic heterocycles. The number of aryl methyl sites for hydroxylation is 1. The summed E-state index contributed by atoms with van der Waals surface area (Å²) in [6.45, 7) is 2.61. The van der Waals surface area contributed by atoms with Crippen LogP contribution in [0.3, 0.4) is 0 Å². The zero-order chi connectivity index (χ0) is 13.4. The third-order valence-electron chi connectivity index (χ3n) is 2.35. The Balaban J connectivity index is 2.53. The zero-order valence-electron chi connectivity index (χ0n) is 10.4. The van der Waals surface area contributed by atoms with E-state index in [1.165, 1.54) is 0 Å². The maximum atomic E-state index is 11.4. The molecule has 0 spiro atoms. The molecule has 0 heterocycles. The molecule has 5 heteroatoms. The molecule has 0 fully saturated rings. The van der Waals surface area contributed by atoms with E-state index in [2.05, 4.69) is 10.6 Å². The van der Waals surface area contributed by atoms with Crippen molar-refractivity contribution in [2.45, 2.75) is 26.2 Å². The second kappa shape index (κ2) is 7.32. The van der Waals surface area contributed by atoms with E-state index in [0.29, 0.717) is 18.7 Å². The number of carboxylic acids is 1. The fourth-order valence-corrected chi connectivity index (χ4v) is 1.47. The molecular weight excluding hydrogens is 232 g/mol. The van der Waals surface area contributed by atoms with Crippen LogP contribution in [0.5, 0.6) is 0 Å². The average Bonchev–Trinajstić information content (AvgIpc) is 2.34. The van der Waals surface area contributed by atoms with Crippen LogP contribution in [0.1, 0.15) is 25.3 Å². The number of nitrogens with one attached hydrogen (secondary N) is 2. The topological polar surface area (TPSA) is 78.4 Å². The Morgan fingerprint density at radius 2 is 2.11 bits per heavy atom. The third kappa shape index (κ3) is 5.34. The molecule has 0 bridgehead atoms. The number of hydrogen-bond donors (Lipinski definition) is 3. The highest BCUT2D eigenvalue weighted by molar-refractivity contribution is 5.89. The zero-order valence-corrected chi connectivity index (χ0v) is 10.4. The normalized spacial score (nSPS) is 9.83. The molecule has 0 saturated heterocycles. The fourth-order valence-electron chi connectivity index (χ4n) is 1.47. The number of aliphatic carboxylic acids is 1. The molecule has 0 saturated carbocycles. The van der Waals surface area contributed by atoms with Crippen LogP contribution in [0.4, 0.5) is 10.5 Å². The van der Waals surface area contributed by atoms with Gasteiger partial charge in [0.1, 0.15) is 0 Å². The van der Waals surface area contributed by atoms with Crippen LogP contribution in [0.2, 0.25) is 0 Å². The van der Waals surface area contributed by atoms with Crippen LogP contribution in [-0.2, 0) is 11.2 Å². The van der Waals surface area contributed by atoms with Crippen molar-refractivity contribution in [3.63, 3.8) is 0 Å². The molecular formula is C13H18N2O3. The number of hydrogen-bond acceptors (Lipinski definition) is 2. The van der Waals surface area contributed by atoms with Crippen molar-refractivity contribution >= 4 is 17.7 Å². The second-order valence-corrected chi connectivity index (χ2v) is 3.98. The molecule has 3 N–H and O–H groups in total. The lowest BCUT2D eigenvalue weighted by atomic mass is 10.1. The number of carbonyl (C=O) groups excluding carboxylic acids is 1. The van der Waals surface area contributed by atoms with Gasteiger partial charge in [0.05, 0.1) is 0 Å². The van der Waals surface area contributed by atoms with E-state index in [-0.39, 0.29) is 12.5 Å². The molecule has 0 aromatic heterocycles. The van der Waals surface area contributed by atoms with E-state index in [0.717, 1.165) is 12.0 Å². The van der Waals surface area contributed by atoms with E-state index < -0.39 is 5.97 Å². The fraction of sp³-hybridized carbons (Fsp3) is 0.385. The van der Waals surface area contributed by atoms with Crippen LogP contribution < -0.4 is 10.6 Å². The van der Waals surface area contributed by atoms with Gasteiger partial charge in [0.25, 0.3) is 0 Å². The Bertz CT molecular complexity index is 418. The minimum Gasteiger partial charge on any atom is -0.481 e. The highest BCUT2D eigenvalue weighted by atomic mass is 16.4. The Morgan fingerprint density at radius 3 is 2.78 bits per heavy atom. The van der Waals surface area contributed by atoms with Crippen molar-refractivity contribution in [2.75, 3.05) is 11.9 Å². The van der Waals surface area contributed by atoms with Crippen molar-refractivity contribution in [1.82, 2.24) is 5.32 Å². The minimum atomic E-state index is -0.825. The summed E-state index contributed by atoms with van der Waals surface area (Å²) < 4.78 is 0. The van der Waals surface area contributed by atoms with Gasteiger partial charge < -0.3 is 15.7 Å². The third-order valence-corrected chi connectivity index (χ3v) is 2.35.